The van der Waals surface area contributed by atoms with Crippen molar-refractivity contribution in [2.24, 2.45) is 0 Å². The molecule has 0 aliphatic heterocycles. The van der Waals surface area contributed by atoms with Crippen LogP contribution in [0.3, 0.4) is 0 Å². The Kier molecular flexibility index (Phi) is 8.40. The molecule has 0 saturated carbocycles. The monoisotopic (exact) mass is 596 g/mol. The second-order valence-electron chi connectivity index (χ2n) is 9.86. The Hall–Kier alpha value is -5.22. The molecule has 5 aromatic rings. The number of rotatable bonds is 10. The summed E-state index contributed by atoms with van der Waals surface area (Å²) < 4.78 is 33.0. The molecule has 0 aliphatic rings. The number of hydrogen-bond acceptors (Lipinski definition) is 6. The average molecular weight is 597 g/mol. The van der Waals surface area contributed by atoms with E-state index in [9.17, 15) is 22.8 Å². The molecule has 1 aromatic heterocycles. The van der Waals surface area contributed by atoms with E-state index in [1.54, 1.807) is 24.3 Å². The first-order valence-electron chi connectivity index (χ1n) is 13.4. The summed E-state index contributed by atoms with van der Waals surface area (Å²) in [6.45, 7) is 0.157. The molecular weight excluding hydrogens is 568 g/mol. The summed E-state index contributed by atoms with van der Waals surface area (Å²) in [4.78, 5) is 39.2. The number of aromatic nitrogens is 2. The number of fused-ring (bicyclic) bond motifs is 1. The summed E-state index contributed by atoms with van der Waals surface area (Å²) in [7, 11) is -3.62. The van der Waals surface area contributed by atoms with Gasteiger partial charge in [-0.25, -0.2) is 22.6 Å². The topological polar surface area (TPSA) is 125 Å². The van der Waals surface area contributed by atoms with Crippen LogP contribution in [-0.4, -0.2) is 41.5 Å². The van der Waals surface area contributed by atoms with E-state index in [0.717, 1.165) is 17.4 Å². The van der Waals surface area contributed by atoms with Crippen molar-refractivity contribution < 1.29 is 23.1 Å². The van der Waals surface area contributed by atoms with Gasteiger partial charge in [0.25, 0.3) is 5.56 Å². The minimum atomic E-state index is -3.62. The van der Waals surface area contributed by atoms with E-state index in [2.05, 4.69) is 0 Å². The highest BCUT2D eigenvalue weighted by atomic mass is 32.2. The molecule has 0 spiro atoms. The summed E-state index contributed by atoms with van der Waals surface area (Å²) in [5.74, 6) is -0.566. The lowest BCUT2D eigenvalue weighted by Gasteiger charge is -2.22. The Labute approximate surface area is 247 Å². The van der Waals surface area contributed by atoms with Crippen molar-refractivity contribution >= 4 is 26.7 Å². The lowest BCUT2D eigenvalue weighted by molar-refractivity contribution is 0.0697. The minimum absolute atomic E-state index is 0.00918. The highest BCUT2D eigenvalue weighted by molar-refractivity contribution is 7.90. The fraction of sp³-hybridized carbons (Fsp3) is 0.121. The van der Waals surface area contributed by atoms with E-state index in [1.165, 1.54) is 39.5 Å². The van der Waals surface area contributed by atoms with Crippen LogP contribution in [0.15, 0.2) is 130 Å². The Morgan fingerprint density at radius 2 is 1.47 bits per heavy atom. The molecule has 1 N–H and O–H groups in total. The van der Waals surface area contributed by atoms with Crippen molar-refractivity contribution in [2.45, 2.75) is 17.5 Å². The molecule has 43 heavy (non-hydrogen) atoms. The Morgan fingerprint density at radius 3 is 2.02 bits per heavy atom. The third-order valence-corrected chi connectivity index (χ3v) is 8.08. The number of ether oxygens (including phenoxy) is 1. The van der Waals surface area contributed by atoms with E-state index in [4.69, 9.17) is 9.84 Å². The summed E-state index contributed by atoms with van der Waals surface area (Å²) in [5, 5.41) is 9.26. The number of carboxylic acids is 1. The highest BCUT2D eigenvalue weighted by Crippen LogP contribution is 2.25. The molecule has 4 aromatic carbocycles. The van der Waals surface area contributed by atoms with Crippen molar-refractivity contribution in [2.75, 3.05) is 12.9 Å². The van der Waals surface area contributed by atoms with Gasteiger partial charge >= 0.3 is 11.7 Å². The smallest absolute Gasteiger partial charge is 0.335 e. The summed E-state index contributed by atoms with van der Waals surface area (Å²) in [6, 6.07) is 27.9. The number of carbonyl (C=O) groups is 1. The van der Waals surface area contributed by atoms with Crippen LogP contribution in [0, 0.1) is 0 Å². The lowest BCUT2D eigenvalue weighted by Crippen LogP contribution is -2.43. The molecule has 0 bridgehead atoms. The third-order valence-electron chi connectivity index (χ3n) is 6.97. The van der Waals surface area contributed by atoms with E-state index in [-0.39, 0.29) is 34.5 Å². The van der Waals surface area contributed by atoms with Gasteiger partial charge in [0.1, 0.15) is 12.4 Å². The first-order valence-corrected chi connectivity index (χ1v) is 15.2. The first-order chi connectivity index (χ1) is 20.6. The van der Waals surface area contributed by atoms with Crippen LogP contribution in [0.4, 0.5) is 0 Å². The number of allylic oxidation sites excluding steroid dienone is 1. The number of nitrogens with zero attached hydrogens (tertiary/aromatic N) is 2. The average Bonchev–Trinajstić information content (AvgIpc) is 3.01. The van der Waals surface area contributed by atoms with Gasteiger partial charge in [-0.1, -0.05) is 66.7 Å². The quantitative estimate of drug-likeness (QED) is 0.235. The van der Waals surface area contributed by atoms with Crippen molar-refractivity contribution in [3.63, 3.8) is 0 Å². The zero-order chi connectivity index (χ0) is 30.6. The third kappa shape index (κ3) is 6.34. The largest absolute Gasteiger partial charge is 0.490 e. The molecule has 10 heteroatoms. The molecule has 0 amide bonds. The number of benzene rings is 4. The zero-order valence-corrected chi connectivity index (χ0v) is 24.0. The first kappa shape index (κ1) is 29.3. The predicted molar refractivity (Wildman–Crippen MR) is 164 cm³/mol. The maximum atomic E-state index is 14.2. The van der Waals surface area contributed by atoms with Crippen LogP contribution in [0.2, 0.25) is 0 Å². The predicted octanol–water partition coefficient (Wildman–Crippen LogP) is 4.54. The van der Waals surface area contributed by atoms with Crippen LogP contribution in [0.1, 0.15) is 27.5 Å². The van der Waals surface area contributed by atoms with Crippen molar-refractivity contribution in [3.05, 3.63) is 153 Å². The minimum Gasteiger partial charge on any atom is -0.490 e. The Balaban J connectivity index is 1.59. The standard InChI is InChI=1S/C33H28N2O7S/c1-43(40,41)27-18-19-28-29(22-27)34(20-8-9-21-42-26-16-14-25(15-17-26)32(37)38)33(39)35(31(28)36)30(23-10-4-2-5-11-23)24-12-6-3-7-13-24/h2-19,22,30H,20-21H2,1H3,(H,37,38)/b9-8+. The van der Waals surface area contributed by atoms with Crippen LogP contribution in [-0.2, 0) is 16.4 Å². The fourth-order valence-electron chi connectivity index (χ4n) is 4.85. The molecule has 0 radical (unpaired) electrons. The number of sulfone groups is 1. The van der Waals surface area contributed by atoms with Gasteiger partial charge in [0.2, 0.25) is 0 Å². The summed E-state index contributed by atoms with van der Waals surface area (Å²) in [6.07, 6.45) is 4.44. The van der Waals surface area contributed by atoms with Gasteiger partial charge in [0.05, 0.1) is 27.4 Å². The molecule has 5 rings (SSSR count). The van der Waals surface area contributed by atoms with Gasteiger partial charge in [-0.15, -0.1) is 0 Å². The molecule has 0 atom stereocenters. The van der Waals surface area contributed by atoms with E-state index < -0.39 is 33.1 Å². The molecule has 218 valence electrons. The molecule has 1 heterocycles. The molecule has 0 fully saturated rings. The summed E-state index contributed by atoms with van der Waals surface area (Å²) >= 11 is 0. The Morgan fingerprint density at radius 1 is 0.860 bits per heavy atom. The maximum Gasteiger partial charge on any atom is 0.335 e. The van der Waals surface area contributed by atoms with Crippen LogP contribution in [0.5, 0.6) is 5.75 Å². The highest BCUT2D eigenvalue weighted by Gasteiger charge is 2.24. The molecular formula is C33H28N2O7S. The molecule has 9 nitrogen and oxygen atoms in total. The second kappa shape index (κ2) is 12.3. The molecule has 0 aliphatic carbocycles. The van der Waals surface area contributed by atoms with E-state index >= 15 is 0 Å². The Bertz CT molecular complexity index is 1990. The second-order valence-corrected chi connectivity index (χ2v) is 11.9. The number of carboxylic acid groups (broad SMARTS) is 1. The molecule has 0 unspecified atom stereocenters. The van der Waals surface area contributed by atoms with Gasteiger partial charge in [-0.3, -0.25) is 9.36 Å². The normalized spacial score (nSPS) is 11.8. The van der Waals surface area contributed by atoms with E-state index in [0.29, 0.717) is 5.75 Å². The van der Waals surface area contributed by atoms with Gasteiger partial charge in [-0.05, 0) is 59.7 Å². The maximum absolute atomic E-state index is 14.2. The van der Waals surface area contributed by atoms with Crippen molar-refractivity contribution in [1.82, 2.24) is 9.13 Å². The fourth-order valence-corrected chi connectivity index (χ4v) is 5.49. The van der Waals surface area contributed by atoms with Gasteiger partial charge in [0.15, 0.2) is 9.84 Å². The van der Waals surface area contributed by atoms with E-state index in [1.807, 2.05) is 60.7 Å². The van der Waals surface area contributed by atoms with Gasteiger partial charge in [0, 0.05) is 12.8 Å². The van der Waals surface area contributed by atoms with Gasteiger partial charge in [-0.2, -0.15) is 0 Å². The lowest BCUT2D eigenvalue weighted by atomic mass is 9.98. The van der Waals surface area contributed by atoms with Crippen LogP contribution in [0.25, 0.3) is 10.9 Å². The zero-order valence-electron chi connectivity index (χ0n) is 23.2. The summed E-state index contributed by atoms with van der Waals surface area (Å²) in [5.41, 5.74) is 0.682. The van der Waals surface area contributed by atoms with Crippen LogP contribution < -0.4 is 16.0 Å². The van der Waals surface area contributed by atoms with Gasteiger partial charge < -0.3 is 9.84 Å². The number of aromatic carboxylic acids is 1. The number of hydrogen-bond donors (Lipinski definition) is 1. The SMILES string of the molecule is CS(=O)(=O)c1ccc2c(=O)n(C(c3ccccc3)c3ccccc3)c(=O)n(C/C=C/COc3ccc(C(=O)O)cc3)c2c1. The van der Waals surface area contributed by atoms with Crippen molar-refractivity contribution in [3.8, 4) is 5.75 Å². The molecule has 0 saturated heterocycles. The van der Waals surface area contributed by atoms with Crippen LogP contribution >= 0.6 is 0 Å². The van der Waals surface area contributed by atoms with Crippen molar-refractivity contribution in [1.29, 1.82) is 0 Å².